The highest BCUT2D eigenvalue weighted by atomic mass is 35.5. The van der Waals surface area contributed by atoms with E-state index in [1.807, 2.05) is 37.3 Å². The third-order valence-corrected chi connectivity index (χ3v) is 3.92. The number of hydrogen-bond acceptors (Lipinski definition) is 1. The highest BCUT2D eigenvalue weighted by Crippen LogP contribution is 2.21. The fourth-order valence-corrected chi connectivity index (χ4v) is 2.46. The van der Waals surface area contributed by atoms with Crippen molar-refractivity contribution in [1.29, 1.82) is 0 Å². The summed E-state index contributed by atoms with van der Waals surface area (Å²) in [6.07, 6.45) is 0. The molecule has 22 heavy (non-hydrogen) atoms. The summed E-state index contributed by atoms with van der Waals surface area (Å²) >= 11 is 12.0. The third kappa shape index (κ3) is 4.65. The first-order valence-electron chi connectivity index (χ1n) is 6.94. The van der Waals surface area contributed by atoms with Crippen LogP contribution in [0.25, 0.3) is 0 Å². The molecule has 0 aromatic heterocycles. The van der Waals surface area contributed by atoms with Crippen molar-refractivity contribution < 1.29 is 4.79 Å². The van der Waals surface area contributed by atoms with Crippen LogP contribution >= 0.6 is 23.2 Å². The molecule has 0 aliphatic carbocycles. The van der Waals surface area contributed by atoms with E-state index in [9.17, 15) is 4.79 Å². The van der Waals surface area contributed by atoms with E-state index in [4.69, 9.17) is 23.2 Å². The second kappa shape index (κ2) is 7.52. The van der Waals surface area contributed by atoms with Crippen molar-refractivity contribution in [1.82, 2.24) is 10.2 Å². The van der Waals surface area contributed by atoms with Gasteiger partial charge in [-0.25, -0.2) is 4.79 Å². The number of halogens is 2. The fraction of sp³-hybridized carbons (Fsp3) is 0.235. The van der Waals surface area contributed by atoms with Crippen LogP contribution in [-0.4, -0.2) is 18.0 Å². The van der Waals surface area contributed by atoms with Crippen LogP contribution in [0.4, 0.5) is 4.79 Å². The Morgan fingerprint density at radius 3 is 2.45 bits per heavy atom. The van der Waals surface area contributed by atoms with Crippen molar-refractivity contribution in [2.24, 2.45) is 0 Å². The van der Waals surface area contributed by atoms with Gasteiger partial charge in [-0.3, -0.25) is 0 Å². The highest BCUT2D eigenvalue weighted by Gasteiger charge is 2.11. The summed E-state index contributed by atoms with van der Waals surface area (Å²) in [5, 5.41) is 4.03. The number of amides is 2. The smallest absolute Gasteiger partial charge is 0.317 e. The quantitative estimate of drug-likeness (QED) is 0.866. The molecule has 0 spiro atoms. The number of nitrogens with zero attached hydrogens (tertiary/aromatic N) is 1. The van der Waals surface area contributed by atoms with Crippen LogP contribution in [-0.2, 0) is 13.1 Å². The van der Waals surface area contributed by atoms with Gasteiger partial charge < -0.3 is 10.2 Å². The monoisotopic (exact) mass is 336 g/mol. The number of benzene rings is 2. The van der Waals surface area contributed by atoms with Gasteiger partial charge in [0.2, 0.25) is 0 Å². The molecule has 0 fully saturated rings. The van der Waals surface area contributed by atoms with Crippen molar-refractivity contribution in [2.75, 3.05) is 7.05 Å². The van der Waals surface area contributed by atoms with Gasteiger partial charge in [0.05, 0.1) is 0 Å². The molecule has 0 aliphatic heterocycles. The first-order chi connectivity index (χ1) is 10.5. The summed E-state index contributed by atoms with van der Waals surface area (Å²) in [6.45, 7) is 2.96. The summed E-state index contributed by atoms with van der Waals surface area (Å²) in [4.78, 5) is 13.7. The normalized spacial score (nSPS) is 10.4. The lowest BCUT2D eigenvalue weighted by molar-refractivity contribution is 0.206. The van der Waals surface area contributed by atoms with Crippen molar-refractivity contribution in [3.8, 4) is 0 Å². The molecular weight excluding hydrogens is 319 g/mol. The van der Waals surface area contributed by atoms with Gasteiger partial charge in [-0.05, 0) is 30.2 Å². The summed E-state index contributed by atoms with van der Waals surface area (Å²) in [5.74, 6) is 0. The minimum absolute atomic E-state index is 0.147. The van der Waals surface area contributed by atoms with E-state index in [0.717, 1.165) is 11.1 Å². The molecule has 3 nitrogen and oxygen atoms in total. The Morgan fingerprint density at radius 1 is 1.14 bits per heavy atom. The summed E-state index contributed by atoms with van der Waals surface area (Å²) in [6, 6.07) is 13.2. The van der Waals surface area contributed by atoms with Crippen LogP contribution in [0.15, 0.2) is 42.5 Å². The van der Waals surface area contributed by atoms with E-state index in [0.29, 0.717) is 23.1 Å². The number of hydrogen-bond donors (Lipinski definition) is 1. The van der Waals surface area contributed by atoms with Crippen molar-refractivity contribution in [3.63, 3.8) is 0 Å². The highest BCUT2D eigenvalue weighted by molar-refractivity contribution is 6.35. The zero-order valence-electron chi connectivity index (χ0n) is 12.6. The third-order valence-electron chi connectivity index (χ3n) is 3.33. The van der Waals surface area contributed by atoms with Gasteiger partial charge in [-0.15, -0.1) is 0 Å². The van der Waals surface area contributed by atoms with Crippen LogP contribution in [0, 0.1) is 6.92 Å². The predicted octanol–water partition coefficient (Wildman–Crippen LogP) is 4.64. The Morgan fingerprint density at radius 2 is 1.82 bits per heavy atom. The molecule has 2 amide bonds. The van der Waals surface area contributed by atoms with Gasteiger partial charge in [0.25, 0.3) is 0 Å². The second-order valence-electron chi connectivity index (χ2n) is 5.24. The van der Waals surface area contributed by atoms with E-state index in [-0.39, 0.29) is 6.03 Å². The van der Waals surface area contributed by atoms with Gasteiger partial charge in [-0.2, -0.15) is 0 Å². The minimum Gasteiger partial charge on any atom is -0.334 e. The van der Waals surface area contributed by atoms with Crippen LogP contribution < -0.4 is 5.32 Å². The largest absolute Gasteiger partial charge is 0.334 e. The van der Waals surface area contributed by atoms with Gasteiger partial charge in [0.1, 0.15) is 0 Å². The van der Waals surface area contributed by atoms with Gasteiger partial charge >= 0.3 is 6.03 Å². The maximum Gasteiger partial charge on any atom is 0.317 e. The molecule has 2 aromatic rings. The van der Waals surface area contributed by atoms with Crippen LogP contribution in [0.5, 0.6) is 0 Å². The van der Waals surface area contributed by atoms with Crippen LogP contribution in [0.1, 0.15) is 16.7 Å². The standard InChI is InChI=1S/C17H18Cl2N2O/c1-12-3-5-13(6-4-12)10-20-17(22)21(2)11-14-7-8-15(18)9-16(14)19/h3-9H,10-11H2,1-2H3,(H,20,22). The van der Waals surface area contributed by atoms with E-state index < -0.39 is 0 Å². The van der Waals surface area contributed by atoms with E-state index in [1.54, 1.807) is 24.1 Å². The molecule has 2 rings (SSSR count). The zero-order chi connectivity index (χ0) is 16.1. The number of aryl methyl sites for hydroxylation is 1. The molecular formula is C17H18Cl2N2O. The van der Waals surface area contributed by atoms with Crippen LogP contribution in [0.3, 0.4) is 0 Å². The van der Waals surface area contributed by atoms with Gasteiger partial charge in [0, 0.05) is 30.2 Å². The SMILES string of the molecule is Cc1ccc(CNC(=O)N(C)Cc2ccc(Cl)cc2Cl)cc1. The Balaban J connectivity index is 1.90. The van der Waals surface area contributed by atoms with E-state index in [2.05, 4.69) is 5.32 Å². The lowest BCUT2D eigenvalue weighted by atomic mass is 10.1. The topological polar surface area (TPSA) is 32.3 Å². The van der Waals surface area contributed by atoms with Crippen molar-refractivity contribution in [3.05, 3.63) is 69.2 Å². The number of carbonyl (C=O) groups is 1. The molecule has 5 heteroatoms. The van der Waals surface area contributed by atoms with E-state index >= 15 is 0 Å². The Hall–Kier alpha value is -1.71. The second-order valence-corrected chi connectivity index (χ2v) is 6.08. The lowest BCUT2D eigenvalue weighted by Gasteiger charge is -2.19. The molecule has 0 saturated carbocycles. The Labute approximate surface area is 140 Å². The van der Waals surface area contributed by atoms with Crippen molar-refractivity contribution >= 4 is 29.2 Å². The first kappa shape index (κ1) is 16.7. The summed E-state index contributed by atoms with van der Waals surface area (Å²) in [7, 11) is 1.73. The number of nitrogens with one attached hydrogen (secondary N) is 1. The minimum atomic E-state index is -0.147. The Bertz CT molecular complexity index is 656. The molecule has 0 bridgehead atoms. The molecule has 116 valence electrons. The molecule has 0 heterocycles. The first-order valence-corrected chi connectivity index (χ1v) is 7.70. The zero-order valence-corrected chi connectivity index (χ0v) is 14.1. The maximum absolute atomic E-state index is 12.1. The molecule has 0 aliphatic rings. The molecule has 2 aromatic carbocycles. The summed E-state index contributed by atoms with van der Waals surface area (Å²) < 4.78 is 0. The number of rotatable bonds is 4. The predicted molar refractivity (Wildman–Crippen MR) is 91.3 cm³/mol. The van der Waals surface area contributed by atoms with Gasteiger partial charge in [0.15, 0.2) is 0 Å². The van der Waals surface area contributed by atoms with Crippen LogP contribution in [0.2, 0.25) is 10.0 Å². The van der Waals surface area contributed by atoms with Gasteiger partial charge in [-0.1, -0.05) is 59.1 Å². The molecule has 0 saturated heterocycles. The summed E-state index contributed by atoms with van der Waals surface area (Å²) in [5.41, 5.74) is 3.13. The lowest BCUT2D eigenvalue weighted by Crippen LogP contribution is -2.36. The Kier molecular flexibility index (Phi) is 5.69. The molecule has 0 atom stereocenters. The average Bonchev–Trinajstić information content (AvgIpc) is 2.49. The molecule has 1 N–H and O–H groups in total. The number of urea groups is 1. The fourth-order valence-electron chi connectivity index (χ4n) is 2.00. The maximum atomic E-state index is 12.1. The van der Waals surface area contributed by atoms with E-state index in [1.165, 1.54) is 5.56 Å². The molecule has 0 radical (unpaired) electrons. The molecule has 0 unspecified atom stereocenters. The van der Waals surface area contributed by atoms with Crippen molar-refractivity contribution in [2.45, 2.75) is 20.0 Å². The number of carbonyl (C=O) groups excluding carboxylic acids is 1. The average molecular weight is 337 g/mol.